The van der Waals surface area contributed by atoms with Crippen LogP contribution in [0.4, 0.5) is 4.79 Å². The summed E-state index contributed by atoms with van der Waals surface area (Å²) in [6.07, 6.45) is -0.739. The summed E-state index contributed by atoms with van der Waals surface area (Å²) in [7, 11) is 0. The van der Waals surface area contributed by atoms with E-state index in [-0.39, 0.29) is 17.7 Å². The largest absolute Gasteiger partial charge is 0.508 e. The van der Waals surface area contributed by atoms with E-state index in [1.807, 2.05) is 12.1 Å². The van der Waals surface area contributed by atoms with Crippen LogP contribution in [0.25, 0.3) is 0 Å². The van der Waals surface area contributed by atoms with Crippen LogP contribution >= 0.6 is 0 Å². The van der Waals surface area contributed by atoms with Crippen LogP contribution in [-0.4, -0.2) is 64.2 Å². The van der Waals surface area contributed by atoms with Gasteiger partial charge in [-0.1, -0.05) is 36.4 Å². The van der Waals surface area contributed by atoms with E-state index in [0.717, 1.165) is 10.5 Å². The second kappa shape index (κ2) is 14.3. The molecule has 42 heavy (non-hydrogen) atoms. The molecule has 0 aromatic heterocycles. The topological polar surface area (TPSA) is 158 Å². The van der Waals surface area contributed by atoms with Crippen molar-refractivity contribution in [1.82, 2.24) is 15.5 Å². The lowest BCUT2D eigenvalue weighted by Gasteiger charge is -2.32. The van der Waals surface area contributed by atoms with E-state index in [0.29, 0.717) is 5.56 Å². The van der Waals surface area contributed by atoms with Gasteiger partial charge in [0.05, 0.1) is 6.07 Å². The molecule has 2 atom stereocenters. The molecule has 0 fully saturated rings. The lowest BCUT2D eigenvalue weighted by atomic mass is 9.99. The highest BCUT2D eigenvalue weighted by Gasteiger charge is 2.35. The number of hydrogen-bond donors (Lipinski definition) is 3. The monoisotopic (exact) mass is 580 g/mol. The van der Waals surface area contributed by atoms with Crippen LogP contribution in [0.15, 0.2) is 48.5 Å². The summed E-state index contributed by atoms with van der Waals surface area (Å²) in [6.45, 7) is 10.7. The molecule has 0 aliphatic heterocycles. The van der Waals surface area contributed by atoms with Gasteiger partial charge in [0.2, 0.25) is 11.8 Å². The highest BCUT2D eigenvalue weighted by molar-refractivity contribution is 5.93. The van der Waals surface area contributed by atoms with Crippen LogP contribution < -0.4 is 10.6 Å². The van der Waals surface area contributed by atoms with Gasteiger partial charge >= 0.3 is 12.1 Å². The molecule has 11 nitrogen and oxygen atoms in total. The van der Waals surface area contributed by atoms with Crippen LogP contribution in [0.3, 0.4) is 0 Å². The Morgan fingerprint density at radius 3 is 2.14 bits per heavy atom. The first-order valence-electron chi connectivity index (χ1n) is 13.5. The number of rotatable bonds is 10. The molecule has 3 amide bonds. The molecule has 0 saturated heterocycles. The summed E-state index contributed by atoms with van der Waals surface area (Å²) in [5, 5.41) is 24.7. The van der Waals surface area contributed by atoms with Gasteiger partial charge in [-0.25, -0.2) is 9.59 Å². The van der Waals surface area contributed by atoms with Crippen molar-refractivity contribution >= 4 is 23.9 Å². The molecular weight excluding hydrogens is 540 g/mol. The Labute approximate surface area is 246 Å². The highest BCUT2D eigenvalue weighted by atomic mass is 16.6. The third-order valence-electron chi connectivity index (χ3n) is 5.73. The molecule has 0 saturated carbocycles. The molecule has 0 aliphatic carbocycles. The molecular formula is C31H40N4O7. The maximum absolute atomic E-state index is 14.0. The number of aromatic hydroxyl groups is 1. The zero-order chi connectivity index (χ0) is 31.7. The fourth-order valence-corrected chi connectivity index (χ4v) is 3.95. The van der Waals surface area contributed by atoms with Gasteiger partial charge in [-0.15, -0.1) is 0 Å². The molecule has 0 aliphatic rings. The van der Waals surface area contributed by atoms with Crippen molar-refractivity contribution in [3.63, 3.8) is 0 Å². The van der Waals surface area contributed by atoms with E-state index in [4.69, 9.17) is 9.47 Å². The average Bonchev–Trinajstić information content (AvgIpc) is 2.87. The number of carbonyl (C=O) groups excluding carboxylic acids is 4. The molecule has 0 spiro atoms. The second-order valence-electron chi connectivity index (χ2n) is 11.8. The Balaban J connectivity index is 2.47. The molecule has 2 aromatic carbocycles. The SMILES string of the molecule is Cc1cc(C(C(=O)NC(Cc2ccccc2)C(=O)OC(C)(C)C)N(CC#N)C(=O)CNC(=O)OC(C)(C)C)ccc1O. The Kier molecular flexibility index (Phi) is 11.5. The van der Waals surface area contributed by atoms with Crippen LogP contribution in [0.5, 0.6) is 5.75 Å². The first-order chi connectivity index (χ1) is 19.5. The molecule has 2 aromatic rings. The smallest absolute Gasteiger partial charge is 0.408 e. The van der Waals surface area contributed by atoms with Gasteiger partial charge in [-0.2, -0.15) is 5.26 Å². The standard InChI is InChI=1S/C31H40N4O7/c1-20-17-22(13-14-24(20)36)26(35(16-15-32)25(37)19-33-29(40)42-31(5,6)7)27(38)34-23(28(39)41-30(2,3)4)18-21-11-9-8-10-12-21/h8-14,17,23,26,36H,16,18-19H2,1-7H3,(H,33,40)(H,34,38). The molecule has 2 rings (SSSR count). The number of esters is 1. The Bertz CT molecular complexity index is 1310. The number of phenols is 1. The molecule has 0 bridgehead atoms. The number of aryl methyl sites for hydroxylation is 1. The van der Waals surface area contributed by atoms with Crippen molar-refractivity contribution in [2.45, 2.75) is 78.2 Å². The number of alkyl carbamates (subject to hydrolysis) is 1. The summed E-state index contributed by atoms with van der Waals surface area (Å²) >= 11 is 0. The number of nitriles is 1. The summed E-state index contributed by atoms with van der Waals surface area (Å²) in [6, 6.07) is 12.7. The minimum Gasteiger partial charge on any atom is -0.508 e. The first-order valence-corrected chi connectivity index (χ1v) is 13.5. The third kappa shape index (κ3) is 10.8. The maximum atomic E-state index is 14.0. The van der Waals surface area contributed by atoms with E-state index < -0.39 is 60.3 Å². The van der Waals surface area contributed by atoms with Gasteiger partial charge in [0.1, 0.15) is 42.1 Å². The minimum atomic E-state index is -1.39. The summed E-state index contributed by atoms with van der Waals surface area (Å²) < 4.78 is 10.8. The lowest BCUT2D eigenvalue weighted by molar-refractivity contribution is -0.159. The van der Waals surface area contributed by atoms with Crippen LogP contribution in [-0.2, 0) is 30.3 Å². The van der Waals surface area contributed by atoms with Gasteiger partial charge in [-0.05, 0) is 77.3 Å². The summed E-state index contributed by atoms with van der Waals surface area (Å²) in [4.78, 5) is 53.7. The van der Waals surface area contributed by atoms with Crippen molar-refractivity contribution in [1.29, 1.82) is 5.26 Å². The predicted octanol–water partition coefficient (Wildman–Crippen LogP) is 3.69. The maximum Gasteiger partial charge on any atom is 0.408 e. The Morgan fingerprint density at radius 1 is 0.976 bits per heavy atom. The van der Waals surface area contributed by atoms with Crippen LogP contribution in [0.2, 0.25) is 0 Å². The third-order valence-corrected chi connectivity index (χ3v) is 5.73. The van der Waals surface area contributed by atoms with E-state index in [1.165, 1.54) is 18.2 Å². The van der Waals surface area contributed by atoms with Gasteiger partial charge in [0.25, 0.3) is 0 Å². The molecule has 0 radical (unpaired) electrons. The van der Waals surface area contributed by atoms with Crippen molar-refractivity contribution in [3.05, 3.63) is 65.2 Å². The molecule has 11 heteroatoms. The Morgan fingerprint density at radius 2 is 1.60 bits per heavy atom. The number of phenolic OH excluding ortho intramolecular Hbond substituents is 1. The van der Waals surface area contributed by atoms with Crippen molar-refractivity contribution in [2.75, 3.05) is 13.1 Å². The minimum absolute atomic E-state index is 0.0293. The number of ether oxygens (including phenoxy) is 2. The number of amides is 3. The molecule has 3 N–H and O–H groups in total. The van der Waals surface area contributed by atoms with Crippen molar-refractivity contribution in [2.24, 2.45) is 0 Å². The van der Waals surface area contributed by atoms with E-state index in [9.17, 15) is 29.5 Å². The van der Waals surface area contributed by atoms with Crippen LogP contribution in [0.1, 0.15) is 64.3 Å². The van der Waals surface area contributed by atoms with Gasteiger partial charge in [0.15, 0.2) is 0 Å². The summed E-state index contributed by atoms with van der Waals surface area (Å²) in [5.74, 6) is -2.21. The zero-order valence-electron chi connectivity index (χ0n) is 25.2. The van der Waals surface area contributed by atoms with E-state index in [1.54, 1.807) is 72.7 Å². The van der Waals surface area contributed by atoms with E-state index in [2.05, 4.69) is 10.6 Å². The van der Waals surface area contributed by atoms with Gasteiger partial charge in [0, 0.05) is 6.42 Å². The van der Waals surface area contributed by atoms with Gasteiger partial charge < -0.3 is 30.1 Å². The fraction of sp³-hybridized carbons (Fsp3) is 0.452. The molecule has 226 valence electrons. The van der Waals surface area contributed by atoms with Crippen LogP contribution in [0, 0.1) is 18.3 Å². The zero-order valence-corrected chi connectivity index (χ0v) is 25.2. The lowest BCUT2D eigenvalue weighted by Crippen LogP contribution is -2.52. The molecule has 2 unspecified atom stereocenters. The quantitative estimate of drug-likeness (QED) is 0.284. The fourth-order valence-electron chi connectivity index (χ4n) is 3.95. The normalized spacial score (nSPS) is 12.7. The highest BCUT2D eigenvalue weighted by Crippen LogP contribution is 2.27. The van der Waals surface area contributed by atoms with E-state index >= 15 is 0 Å². The van der Waals surface area contributed by atoms with Gasteiger partial charge in [-0.3, -0.25) is 9.59 Å². The Hall–Kier alpha value is -4.59. The summed E-state index contributed by atoms with van der Waals surface area (Å²) in [5.41, 5.74) is -0.167. The second-order valence-corrected chi connectivity index (χ2v) is 11.8. The first kappa shape index (κ1) is 33.6. The number of carbonyl (C=O) groups is 4. The predicted molar refractivity (Wildman–Crippen MR) is 155 cm³/mol. The number of benzene rings is 2. The number of nitrogens with one attached hydrogen (secondary N) is 2. The molecule has 0 heterocycles. The van der Waals surface area contributed by atoms with Crippen molar-refractivity contribution in [3.8, 4) is 11.8 Å². The average molecular weight is 581 g/mol. The number of hydrogen-bond acceptors (Lipinski definition) is 8. The number of nitrogens with zero attached hydrogens (tertiary/aromatic N) is 2. The van der Waals surface area contributed by atoms with Crippen molar-refractivity contribution < 1.29 is 33.8 Å².